The zero-order valence-electron chi connectivity index (χ0n) is 12.7. The summed E-state index contributed by atoms with van der Waals surface area (Å²) in [6.45, 7) is 0.257. The summed E-state index contributed by atoms with van der Waals surface area (Å²) in [4.78, 5) is 24.7. The number of nitrogens with one attached hydrogen (secondary N) is 2. The van der Waals surface area contributed by atoms with Crippen LogP contribution in [0.2, 0.25) is 10.0 Å². The van der Waals surface area contributed by atoms with E-state index in [0.717, 1.165) is 0 Å². The van der Waals surface area contributed by atoms with Crippen LogP contribution in [0.3, 0.4) is 0 Å². The molecule has 2 aromatic rings. The predicted molar refractivity (Wildman–Crippen MR) is 94.9 cm³/mol. The molecule has 0 aliphatic carbocycles. The smallest absolute Gasteiger partial charge is 0.238 e. The largest absolute Gasteiger partial charge is 0.395 e. The maximum absolute atomic E-state index is 12.7. The Balaban J connectivity index is 2.26. The minimum absolute atomic E-state index is 0.0168. The Kier molecular flexibility index (Phi) is 6.75. The van der Waals surface area contributed by atoms with E-state index in [0.29, 0.717) is 27.8 Å². The van der Waals surface area contributed by atoms with Crippen LogP contribution < -0.4 is 10.6 Å². The van der Waals surface area contributed by atoms with Gasteiger partial charge in [0.1, 0.15) is 0 Å². The van der Waals surface area contributed by atoms with Gasteiger partial charge in [-0.25, -0.2) is 0 Å². The monoisotopic (exact) mass is 366 g/mol. The lowest BCUT2D eigenvalue weighted by Gasteiger charge is -2.12. The molecule has 0 spiro atoms. The molecule has 0 atom stereocenters. The number of carbonyl (C=O) groups is 2. The minimum Gasteiger partial charge on any atom is -0.395 e. The third kappa shape index (κ3) is 4.79. The Morgan fingerprint density at radius 1 is 1.04 bits per heavy atom. The van der Waals surface area contributed by atoms with Crippen LogP contribution in [0.4, 0.5) is 5.69 Å². The maximum Gasteiger partial charge on any atom is 0.238 e. The fourth-order valence-electron chi connectivity index (χ4n) is 2.08. The molecule has 5 nitrogen and oxygen atoms in total. The molecule has 1 amide bonds. The number of anilines is 1. The summed E-state index contributed by atoms with van der Waals surface area (Å²) in [5.74, 6) is -0.666. The summed E-state index contributed by atoms with van der Waals surface area (Å²) < 4.78 is 0. The van der Waals surface area contributed by atoms with E-state index in [4.69, 9.17) is 28.3 Å². The van der Waals surface area contributed by atoms with Crippen LogP contribution in [0, 0.1) is 0 Å². The van der Waals surface area contributed by atoms with Gasteiger partial charge in [-0.1, -0.05) is 35.3 Å². The number of rotatable bonds is 7. The summed E-state index contributed by atoms with van der Waals surface area (Å²) in [5, 5.41) is 14.8. The van der Waals surface area contributed by atoms with Gasteiger partial charge < -0.3 is 15.7 Å². The summed E-state index contributed by atoms with van der Waals surface area (Å²) in [7, 11) is 0. The topological polar surface area (TPSA) is 78.4 Å². The van der Waals surface area contributed by atoms with Crippen molar-refractivity contribution in [3.05, 3.63) is 63.6 Å². The summed E-state index contributed by atoms with van der Waals surface area (Å²) >= 11 is 12.1. The number of ketones is 1. The van der Waals surface area contributed by atoms with Gasteiger partial charge in [0.2, 0.25) is 5.91 Å². The van der Waals surface area contributed by atoms with Crippen LogP contribution in [0.1, 0.15) is 15.9 Å². The van der Waals surface area contributed by atoms with E-state index in [1.165, 1.54) is 6.07 Å². The molecule has 0 saturated carbocycles. The van der Waals surface area contributed by atoms with E-state index >= 15 is 0 Å². The number of aliphatic hydroxyl groups excluding tert-OH is 1. The highest BCUT2D eigenvalue weighted by Gasteiger charge is 2.18. The molecule has 126 valence electrons. The average molecular weight is 367 g/mol. The van der Waals surface area contributed by atoms with Crippen molar-refractivity contribution in [1.29, 1.82) is 0 Å². The number of benzene rings is 2. The third-order valence-electron chi connectivity index (χ3n) is 3.19. The van der Waals surface area contributed by atoms with Gasteiger partial charge in [-0.2, -0.15) is 0 Å². The molecular weight excluding hydrogens is 351 g/mol. The first-order valence-electron chi connectivity index (χ1n) is 7.23. The van der Waals surface area contributed by atoms with E-state index < -0.39 is 0 Å². The summed E-state index contributed by atoms with van der Waals surface area (Å²) in [5.41, 5.74) is 0.932. The Hall–Kier alpha value is -1.92. The lowest BCUT2D eigenvalue weighted by atomic mass is 10.0. The van der Waals surface area contributed by atoms with Gasteiger partial charge >= 0.3 is 0 Å². The fraction of sp³-hybridized carbons (Fsp3) is 0.176. The molecule has 7 heteroatoms. The molecule has 0 bridgehead atoms. The molecule has 2 aromatic carbocycles. The fourth-order valence-corrected chi connectivity index (χ4v) is 2.47. The molecule has 0 unspecified atom stereocenters. The molecule has 24 heavy (non-hydrogen) atoms. The van der Waals surface area contributed by atoms with Gasteiger partial charge in [0, 0.05) is 22.7 Å². The standard InChI is InChI=1S/C17H16Cl2N2O3/c18-11-5-6-15(21-16(23)10-20-7-8-22)13(9-11)17(24)12-3-1-2-4-14(12)19/h1-6,9,20,22H,7-8,10H2,(H,21,23). The van der Waals surface area contributed by atoms with Crippen LogP contribution in [-0.2, 0) is 4.79 Å². The predicted octanol–water partition coefficient (Wildman–Crippen LogP) is 2.74. The van der Waals surface area contributed by atoms with Gasteiger partial charge in [-0.3, -0.25) is 9.59 Å². The van der Waals surface area contributed by atoms with E-state index in [1.807, 2.05) is 0 Å². The molecule has 0 fully saturated rings. The molecule has 0 aliphatic rings. The van der Waals surface area contributed by atoms with E-state index in [9.17, 15) is 9.59 Å². The minimum atomic E-state index is -0.334. The normalized spacial score (nSPS) is 10.5. The first-order valence-corrected chi connectivity index (χ1v) is 7.98. The second kappa shape index (κ2) is 8.80. The van der Waals surface area contributed by atoms with Gasteiger partial charge in [-0.15, -0.1) is 0 Å². The number of hydrogen-bond acceptors (Lipinski definition) is 4. The molecule has 0 heterocycles. The molecule has 0 aliphatic heterocycles. The van der Waals surface area contributed by atoms with Crippen molar-refractivity contribution in [3.63, 3.8) is 0 Å². The van der Waals surface area contributed by atoms with Crippen molar-refractivity contribution < 1.29 is 14.7 Å². The maximum atomic E-state index is 12.7. The lowest BCUT2D eigenvalue weighted by Crippen LogP contribution is -2.30. The van der Waals surface area contributed by atoms with Crippen molar-refractivity contribution in [2.75, 3.05) is 25.0 Å². The Bertz CT molecular complexity index is 750. The second-order valence-corrected chi connectivity index (χ2v) is 5.79. The van der Waals surface area contributed by atoms with Crippen LogP contribution in [0.25, 0.3) is 0 Å². The van der Waals surface area contributed by atoms with Crippen LogP contribution in [0.5, 0.6) is 0 Å². The van der Waals surface area contributed by atoms with Crippen LogP contribution >= 0.6 is 23.2 Å². The quantitative estimate of drug-likeness (QED) is 0.520. The first kappa shape index (κ1) is 18.4. The molecular formula is C17H16Cl2N2O3. The van der Waals surface area contributed by atoms with Crippen LogP contribution in [-0.4, -0.2) is 36.5 Å². The van der Waals surface area contributed by atoms with E-state index in [-0.39, 0.29) is 30.4 Å². The highest BCUT2D eigenvalue weighted by molar-refractivity contribution is 6.36. The van der Waals surface area contributed by atoms with Crippen molar-refractivity contribution >= 4 is 40.6 Å². The number of amides is 1. The number of aliphatic hydroxyl groups is 1. The number of hydrogen-bond donors (Lipinski definition) is 3. The van der Waals surface area contributed by atoms with E-state index in [1.54, 1.807) is 36.4 Å². The van der Waals surface area contributed by atoms with Crippen molar-refractivity contribution in [3.8, 4) is 0 Å². The Morgan fingerprint density at radius 3 is 2.50 bits per heavy atom. The van der Waals surface area contributed by atoms with Gasteiger partial charge in [0.05, 0.1) is 23.9 Å². The zero-order valence-corrected chi connectivity index (χ0v) is 14.2. The highest BCUT2D eigenvalue weighted by Crippen LogP contribution is 2.26. The van der Waals surface area contributed by atoms with Crippen molar-refractivity contribution in [2.45, 2.75) is 0 Å². The highest BCUT2D eigenvalue weighted by atomic mass is 35.5. The molecule has 0 aromatic heterocycles. The van der Waals surface area contributed by atoms with Crippen molar-refractivity contribution in [1.82, 2.24) is 5.32 Å². The van der Waals surface area contributed by atoms with Gasteiger partial charge in [0.25, 0.3) is 0 Å². The van der Waals surface area contributed by atoms with Crippen molar-refractivity contribution in [2.24, 2.45) is 0 Å². The number of carbonyl (C=O) groups excluding carboxylic acids is 2. The Labute approximate surface area is 149 Å². The molecule has 0 radical (unpaired) electrons. The van der Waals surface area contributed by atoms with E-state index in [2.05, 4.69) is 10.6 Å². The zero-order chi connectivity index (χ0) is 17.5. The SMILES string of the molecule is O=C(CNCCO)Nc1ccc(Cl)cc1C(=O)c1ccccc1Cl. The molecule has 3 N–H and O–H groups in total. The van der Waals surface area contributed by atoms with Gasteiger partial charge in [0.15, 0.2) is 5.78 Å². The van der Waals surface area contributed by atoms with Gasteiger partial charge in [-0.05, 0) is 30.3 Å². The number of halogens is 2. The summed E-state index contributed by atoms with van der Waals surface area (Å²) in [6.07, 6.45) is 0. The average Bonchev–Trinajstić information content (AvgIpc) is 2.56. The Morgan fingerprint density at radius 2 is 1.79 bits per heavy atom. The second-order valence-electron chi connectivity index (χ2n) is 4.95. The lowest BCUT2D eigenvalue weighted by molar-refractivity contribution is -0.115. The third-order valence-corrected chi connectivity index (χ3v) is 3.76. The summed E-state index contributed by atoms with van der Waals surface area (Å²) in [6, 6.07) is 11.3. The molecule has 0 saturated heterocycles. The molecule has 2 rings (SSSR count). The first-order chi connectivity index (χ1) is 11.5. The van der Waals surface area contributed by atoms with Crippen LogP contribution in [0.15, 0.2) is 42.5 Å².